The lowest BCUT2D eigenvalue weighted by Crippen LogP contribution is -2.39. The van der Waals surface area contributed by atoms with Gasteiger partial charge in [0.05, 0.1) is 13.2 Å². The van der Waals surface area contributed by atoms with E-state index in [9.17, 15) is 0 Å². The van der Waals surface area contributed by atoms with Gasteiger partial charge in [-0.25, -0.2) is 0 Å². The Hall–Kier alpha value is -0.120. The van der Waals surface area contributed by atoms with E-state index >= 15 is 0 Å². The number of hydrogen-bond acceptors (Lipinski definition) is 3. The van der Waals surface area contributed by atoms with E-state index in [1.165, 1.54) is 0 Å². The first-order chi connectivity index (χ1) is 3.93. The van der Waals surface area contributed by atoms with Crippen molar-refractivity contribution < 1.29 is 4.74 Å². The van der Waals surface area contributed by atoms with E-state index in [0.29, 0.717) is 6.67 Å². The van der Waals surface area contributed by atoms with Crippen molar-refractivity contribution in [3.05, 3.63) is 0 Å². The van der Waals surface area contributed by atoms with Crippen LogP contribution >= 0.6 is 0 Å². The number of nitrogens with zero attached hydrogens (tertiary/aromatic N) is 1. The minimum absolute atomic E-state index is 0. The molecule has 1 heterocycles. The van der Waals surface area contributed by atoms with Gasteiger partial charge in [-0.2, -0.15) is 0 Å². The number of nitrogens with two attached hydrogens (primary N) is 1. The fourth-order valence-electron chi connectivity index (χ4n) is 0.784. The van der Waals surface area contributed by atoms with Crippen LogP contribution in [0.25, 0.3) is 0 Å². The molecule has 0 aromatic carbocycles. The molecule has 0 radical (unpaired) electrons. The van der Waals surface area contributed by atoms with Gasteiger partial charge in [0.1, 0.15) is 0 Å². The molecule has 1 aliphatic rings. The summed E-state index contributed by atoms with van der Waals surface area (Å²) >= 11 is 0. The second-order valence-electron chi connectivity index (χ2n) is 1.91. The Labute approximate surface area is 56.8 Å². The highest BCUT2D eigenvalue weighted by atomic mass is 16.5. The quantitative estimate of drug-likeness (QED) is 0.540. The third-order valence-corrected chi connectivity index (χ3v) is 1.36. The lowest BCUT2D eigenvalue weighted by molar-refractivity contribution is 0.0391. The van der Waals surface area contributed by atoms with Gasteiger partial charge in [-0.15, -0.1) is 0 Å². The normalized spacial score (nSPS) is 21.0. The van der Waals surface area contributed by atoms with E-state index in [4.69, 9.17) is 10.5 Å². The molecule has 2 N–H and O–H groups in total. The van der Waals surface area contributed by atoms with Crippen LogP contribution in [0.3, 0.4) is 0 Å². The summed E-state index contributed by atoms with van der Waals surface area (Å²) in [7, 11) is 0. The average molecular weight is 132 g/mol. The van der Waals surface area contributed by atoms with Crippen LogP contribution in [0.4, 0.5) is 0 Å². The Morgan fingerprint density at radius 1 is 1.33 bits per heavy atom. The van der Waals surface area contributed by atoms with Crippen LogP contribution in [-0.4, -0.2) is 37.9 Å². The molecule has 0 saturated carbocycles. The molecule has 3 heteroatoms. The van der Waals surface area contributed by atoms with Crippen molar-refractivity contribution in [2.75, 3.05) is 33.0 Å². The number of rotatable bonds is 1. The van der Waals surface area contributed by atoms with Crippen LogP contribution in [0.15, 0.2) is 0 Å². The van der Waals surface area contributed by atoms with E-state index in [-0.39, 0.29) is 7.43 Å². The zero-order valence-corrected chi connectivity index (χ0v) is 4.97. The maximum absolute atomic E-state index is 5.37. The summed E-state index contributed by atoms with van der Waals surface area (Å²) in [5.41, 5.74) is 5.37. The highest BCUT2D eigenvalue weighted by molar-refractivity contribution is 4.57. The Kier molecular flexibility index (Phi) is 4.67. The second-order valence-corrected chi connectivity index (χ2v) is 1.91. The van der Waals surface area contributed by atoms with Crippen molar-refractivity contribution in [1.29, 1.82) is 0 Å². The maximum atomic E-state index is 5.37. The first-order valence-corrected chi connectivity index (χ1v) is 2.93. The average Bonchev–Trinajstić information content (AvgIpc) is 1.90. The summed E-state index contributed by atoms with van der Waals surface area (Å²) < 4.78 is 5.10. The molecule has 0 amide bonds. The van der Waals surface area contributed by atoms with Crippen LogP contribution in [0.2, 0.25) is 0 Å². The minimum atomic E-state index is 0. The Morgan fingerprint density at radius 3 is 2.22 bits per heavy atom. The SMILES string of the molecule is C.NCN1CCOCC1. The minimum Gasteiger partial charge on any atom is -0.379 e. The molecule has 1 aliphatic heterocycles. The van der Waals surface area contributed by atoms with Gasteiger partial charge in [0, 0.05) is 19.8 Å². The Balaban J connectivity index is 0.000000640. The molecule has 0 spiro atoms. The van der Waals surface area contributed by atoms with Gasteiger partial charge in [-0.05, 0) is 0 Å². The van der Waals surface area contributed by atoms with Crippen LogP contribution in [0.5, 0.6) is 0 Å². The van der Waals surface area contributed by atoms with Gasteiger partial charge in [-0.3, -0.25) is 4.90 Å². The van der Waals surface area contributed by atoms with E-state index in [1.807, 2.05) is 0 Å². The molecule has 1 rings (SSSR count). The van der Waals surface area contributed by atoms with Gasteiger partial charge in [0.25, 0.3) is 0 Å². The maximum Gasteiger partial charge on any atom is 0.0594 e. The summed E-state index contributed by atoms with van der Waals surface area (Å²) in [5, 5.41) is 0. The molecule has 0 aromatic heterocycles. The first kappa shape index (κ1) is 8.88. The molecular formula is C6H16N2O. The third kappa shape index (κ3) is 2.79. The first-order valence-electron chi connectivity index (χ1n) is 2.93. The number of hydrogen-bond donors (Lipinski definition) is 1. The van der Waals surface area contributed by atoms with E-state index in [2.05, 4.69) is 4.90 Å². The predicted molar refractivity (Wildman–Crippen MR) is 38.2 cm³/mol. The molecule has 0 bridgehead atoms. The number of ether oxygens (including phenoxy) is 1. The second kappa shape index (κ2) is 4.73. The number of morpholine rings is 1. The van der Waals surface area contributed by atoms with Crippen molar-refractivity contribution >= 4 is 0 Å². The summed E-state index contributed by atoms with van der Waals surface area (Å²) in [6.07, 6.45) is 0. The molecule has 0 atom stereocenters. The summed E-state index contributed by atoms with van der Waals surface area (Å²) in [6, 6.07) is 0. The smallest absolute Gasteiger partial charge is 0.0594 e. The molecular weight excluding hydrogens is 116 g/mol. The van der Waals surface area contributed by atoms with Gasteiger partial charge in [-0.1, -0.05) is 7.43 Å². The monoisotopic (exact) mass is 132 g/mol. The zero-order valence-electron chi connectivity index (χ0n) is 4.97. The van der Waals surface area contributed by atoms with Crippen molar-refractivity contribution in [1.82, 2.24) is 4.90 Å². The molecule has 0 aliphatic carbocycles. The van der Waals surface area contributed by atoms with Crippen LogP contribution in [-0.2, 0) is 4.74 Å². The topological polar surface area (TPSA) is 38.5 Å². The molecule has 3 nitrogen and oxygen atoms in total. The summed E-state index contributed by atoms with van der Waals surface area (Å²) in [5.74, 6) is 0. The molecule has 9 heavy (non-hydrogen) atoms. The van der Waals surface area contributed by atoms with E-state index in [1.54, 1.807) is 0 Å². The van der Waals surface area contributed by atoms with Crippen LogP contribution in [0.1, 0.15) is 7.43 Å². The van der Waals surface area contributed by atoms with Crippen LogP contribution in [0, 0.1) is 0 Å². The molecule has 0 aromatic rings. The Bertz CT molecular complexity index is 62.1. The fourth-order valence-corrected chi connectivity index (χ4v) is 0.784. The van der Waals surface area contributed by atoms with Gasteiger partial charge in [0.15, 0.2) is 0 Å². The molecule has 1 fully saturated rings. The third-order valence-electron chi connectivity index (χ3n) is 1.36. The van der Waals surface area contributed by atoms with Crippen molar-refractivity contribution in [3.63, 3.8) is 0 Å². The van der Waals surface area contributed by atoms with Crippen LogP contribution < -0.4 is 5.73 Å². The highest BCUT2D eigenvalue weighted by Gasteiger charge is 2.06. The standard InChI is InChI=1S/C5H12N2O.CH4/c6-5-7-1-3-8-4-2-7;/h1-6H2;1H4. The van der Waals surface area contributed by atoms with E-state index < -0.39 is 0 Å². The van der Waals surface area contributed by atoms with E-state index in [0.717, 1.165) is 26.3 Å². The summed E-state index contributed by atoms with van der Waals surface area (Å²) in [6.45, 7) is 4.35. The Morgan fingerprint density at radius 2 is 1.89 bits per heavy atom. The zero-order chi connectivity index (χ0) is 5.82. The molecule has 1 saturated heterocycles. The highest BCUT2D eigenvalue weighted by Crippen LogP contribution is 1.91. The largest absolute Gasteiger partial charge is 0.379 e. The molecule has 0 unspecified atom stereocenters. The van der Waals surface area contributed by atoms with Crippen molar-refractivity contribution in [2.45, 2.75) is 7.43 Å². The fraction of sp³-hybridized carbons (Fsp3) is 1.00. The summed E-state index contributed by atoms with van der Waals surface area (Å²) in [4.78, 5) is 2.17. The van der Waals surface area contributed by atoms with Gasteiger partial charge in [0.2, 0.25) is 0 Å². The lowest BCUT2D eigenvalue weighted by Gasteiger charge is -2.24. The predicted octanol–water partition coefficient (Wildman–Crippen LogP) is -0.129. The van der Waals surface area contributed by atoms with Gasteiger partial charge >= 0.3 is 0 Å². The van der Waals surface area contributed by atoms with Crippen molar-refractivity contribution in [3.8, 4) is 0 Å². The molecule has 56 valence electrons. The lowest BCUT2D eigenvalue weighted by atomic mass is 10.5. The van der Waals surface area contributed by atoms with Crippen molar-refractivity contribution in [2.24, 2.45) is 5.73 Å². The van der Waals surface area contributed by atoms with Gasteiger partial charge < -0.3 is 10.5 Å².